The molecule has 3 rings (SSSR count). The van der Waals surface area contributed by atoms with Gasteiger partial charge < -0.3 is 9.63 Å². The smallest absolute Gasteiger partial charge is 0.335 e. The summed E-state index contributed by atoms with van der Waals surface area (Å²) < 4.78 is 5.17. The van der Waals surface area contributed by atoms with Crippen molar-refractivity contribution in [2.75, 3.05) is 0 Å². The van der Waals surface area contributed by atoms with Crippen LogP contribution in [-0.4, -0.2) is 21.2 Å². The molecule has 0 aliphatic rings. The lowest BCUT2D eigenvalue weighted by molar-refractivity contribution is 0.0697. The number of aromatic nitrogens is 2. The monoisotopic (exact) mass is 272 g/mol. The van der Waals surface area contributed by atoms with Crippen LogP contribution < -0.4 is 0 Å². The van der Waals surface area contributed by atoms with Crippen LogP contribution in [0.1, 0.15) is 10.4 Å². The normalized spacial score (nSPS) is 10.5. The highest BCUT2D eigenvalue weighted by Crippen LogP contribution is 2.25. The molecule has 0 spiro atoms. The summed E-state index contributed by atoms with van der Waals surface area (Å²) in [5, 5.41) is 14.7. The molecule has 0 saturated heterocycles. The summed E-state index contributed by atoms with van der Waals surface area (Å²) in [7, 11) is 0. The first-order valence-corrected chi connectivity index (χ1v) is 6.33. The number of carbonyl (C=O) groups is 1. The Labute approximate surface area is 112 Å². The molecule has 0 aliphatic heterocycles. The predicted molar refractivity (Wildman–Crippen MR) is 70.0 cm³/mol. The van der Waals surface area contributed by atoms with Crippen molar-refractivity contribution in [3.8, 4) is 22.2 Å². The minimum Gasteiger partial charge on any atom is -0.478 e. The van der Waals surface area contributed by atoms with Gasteiger partial charge in [0.15, 0.2) is 0 Å². The van der Waals surface area contributed by atoms with Crippen LogP contribution in [0, 0.1) is 0 Å². The predicted octanol–water partition coefficient (Wildman–Crippen LogP) is 3.16. The fourth-order valence-electron chi connectivity index (χ4n) is 1.63. The zero-order chi connectivity index (χ0) is 13.2. The second kappa shape index (κ2) is 4.66. The maximum absolute atomic E-state index is 10.9. The molecule has 2 heterocycles. The number of nitrogens with zero attached hydrogens (tertiary/aromatic N) is 2. The molecule has 1 N–H and O–H groups in total. The Kier molecular flexibility index (Phi) is 2.85. The van der Waals surface area contributed by atoms with Crippen LogP contribution in [0.2, 0.25) is 0 Å². The van der Waals surface area contributed by atoms with E-state index in [1.165, 1.54) is 23.5 Å². The van der Waals surface area contributed by atoms with Crippen molar-refractivity contribution in [3.63, 3.8) is 0 Å². The average Bonchev–Trinajstić information content (AvgIpc) is 3.09. The molecule has 6 heteroatoms. The van der Waals surface area contributed by atoms with E-state index >= 15 is 0 Å². The number of carboxylic acid groups (broad SMARTS) is 1. The molecule has 0 aliphatic carbocycles. The Morgan fingerprint density at radius 2 is 2.16 bits per heavy atom. The topological polar surface area (TPSA) is 76.2 Å². The summed E-state index contributed by atoms with van der Waals surface area (Å²) in [6.45, 7) is 0. The minimum atomic E-state index is -0.983. The van der Waals surface area contributed by atoms with Crippen LogP contribution in [0.4, 0.5) is 0 Å². The molecule has 0 radical (unpaired) electrons. The SMILES string of the molecule is O=C(O)c1cccc(-c2noc(-c3cccs3)n2)c1. The summed E-state index contributed by atoms with van der Waals surface area (Å²) in [5.41, 5.74) is 0.812. The van der Waals surface area contributed by atoms with E-state index in [2.05, 4.69) is 10.1 Å². The van der Waals surface area contributed by atoms with Gasteiger partial charge in [-0.25, -0.2) is 4.79 Å². The summed E-state index contributed by atoms with van der Waals surface area (Å²) in [5.74, 6) is -0.166. The van der Waals surface area contributed by atoms with Crippen molar-refractivity contribution < 1.29 is 14.4 Å². The number of carboxylic acids is 1. The van der Waals surface area contributed by atoms with Gasteiger partial charge in [0.25, 0.3) is 5.89 Å². The maximum Gasteiger partial charge on any atom is 0.335 e. The molecular weight excluding hydrogens is 264 g/mol. The maximum atomic E-state index is 10.9. The van der Waals surface area contributed by atoms with Crippen LogP contribution in [-0.2, 0) is 0 Å². The zero-order valence-electron chi connectivity index (χ0n) is 9.61. The number of hydrogen-bond acceptors (Lipinski definition) is 5. The fourth-order valence-corrected chi connectivity index (χ4v) is 2.28. The van der Waals surface area contributed by atoms with E-state index < -0.39 is 5.97 Å². The standard InChI is InChI=1S/C13H8N2O3S/c16-13(17)9-4-1-3-8(7-9)11-14-12(18-15-11)10-5-2-6-19-10/h1-7H,(H,16,17). The summed E-state index contributed by atoms with van der Waals surface area (Å²) >= 11 is 1.50. The molecule has 19 heavy (non-hydrogen) atoms. The third-order valence-corrected chi connectivity index (χ3v) is 3.38. The fraction of sp³-hybridized carbons (Fsp3) is 0. The first kappa shape index (κ1) is 11.6. The molecule has 94 valence electrons. The van der Waals surface area contributed by atoms with Crippen LogP contribution >= 0.6 is 11.3 Å². The number of aromatic carboxylic acids is 1. The van der Waals surface area contributed by atoms with E-state index in [0.29, 0.717) is 17.3 Å². The molecule has 0 fully saturated rings. The zero-order valence-corrected chi connectivity index (χ0v) is 10.4. The van der Waals surface area contributed by atoms with Crippen molar-refractivity contribution in [2.45, 2.75) is 0 Å². The van der Waals surface area contributed by atoms with Crippen LogP contribution in [0.3, 0.4) is 0 Å². The lowest BCUT2D eigenvalue weighted by atomic mass is 10.1. The number of rotatable bonds is 3. The quantitative estimate of drug-likeness (QED) is 0.792. The molecule has 0 bridgehead atoms. The number of benzene rings is 1. The van der Waals surface area contributed by atoms with Gasteiger partial charge in [-0.2, -0.15) is 4.98 Å². The van der Waals surface area contributed by atoms with E-state index in [-0.39, 0.29) is 5.56 Å². The van der Waals surface area contributed by atoms with Crippen molar-refractivity contribution in [1.82, 2.24) is 10.1 Å². The Bertz CT molecular complexity index is 719. The van der Waals surface area contributed by atoms with E-state index in [1.807, 2.05) is 17.5 Å². The van der Waals surface area contributed by atoms with E-state index in [0.717, 1.165) is 4.88 Å². The Morgan fingerprint density at radius 1 is 1.26 bits per heavy atom. The van der Waals surface area contributed by atoms with Crippen molar-refractivity contribution in [2.24, 2.45) is 0 Å². The summed E-state index contributed by atoms with van der Waals surface area (Å²) in [6, 6.07) is 10.2. The molecule has 0 unspecified atom stereocenters. The Balaban J connectivity index is 1.99. The Morgan fingerprint density at radius 3 is 2.89 bits per heavy atom. The highest BCUT2D eigenvalue weighted by atomic mass is 32.1. The summed E-state index contributed by atoms with van der Waals surface area (Å²) in [6.07, 6.45) is 0. The van der Waals surface area contributed by atoms with Gasteiger partial charge in [-0.15, -0.1) is 11.3 Å². The van der Waals surface area contributed by atoms with Gasteiger partial charge in [0.05, 0.1) is 10.4 Å². The molecular formula is C13H8N2O3S. The van der Waals surface area contributed by atoms with E-state index in [1.54, 1.807) is 12.1 Å². The first-order valence-electron chi connectivity index (χ1n) is 5.45. The van der Waals surface area contributed by atoms with Crippen LogP contribution in [0.15, 0.2) is 46.3 Å². The molecule has 0 saturated carbocycles. The average molecular weight is 272 g/mol. The second-order valence-corrected chi connectivity index (χ2v) is 4.73. The van der Waals surface area contributed by atoms with Gasteiger partial charge in [-0.05, 0) is 23.6 Å². The minimum absolute atomic E-state index is 0.194. The van der Waals surface area contributed by atoms with Crippen molar-refractivity contribution in [3.05, 3.63) is 47.3 Å². The number of hydrogen-bond donors (Lipinski definition) is 1. The van der Waals surface area contributed by atoms with Gasteiger partial charge in [0, 0.05) is 5.56 Å². The molecule has 0 amide bonds. The third-order valence-electron chi connectivity index (χ3n) is 2.53. The van der Waals surface area contributed by atoms with Gasteiger partial charge in [-0.3, -0.25) is 0 Å². The summed E-state index contributed by atoms with van der Waals surface area (Å²) in [4.78, 5) is 16.1. The van der Waals surface area contributed by atoms with Crippen LogP contribution in [0.5, 0.6) is 0 Å². The molecule has 3 aromatic rings. The van der Waals surface area contributed by atoms with E-state index in [4.69, 9.17) is 9.63 Å². The Hall–Kier alpha value is -2.47. The second-order valence-electron chi connectivity index (χ2n) is 3.79. The van der Waals surface area contributed by atoms with Gasteiger partial charge in [-0.1, -0.05) is 23.4 Å². The molecule has 0 atom stereocenters. The van der Waals surface area contributed by atoms with Crippen LogP contribution in [0.25, 0.3) is 22.2 Å². The molecule has 1 aromatic carbocycles. The number of thiophene rings is 1. The largest absolute Gasteiger partial charge is 0.478 e. The van der Waals surface area contributed by atoms with E-state index in [9.17, 15) is 4.79 Å². The highest BCUT2D eigenvalue weighted by molar-refractivity contribution is 7.13. The lowest BCUT2D eigenvalue weighted by Crippen LogP contribution is -1.96. The molecule has 5 nitrogen and oxygen atoms in total. The van der Waals surface area contributed by atoms with Crippen molar-refractivity contribution in [1.29, 1.82) is 0 Å². The molecule has 2 aromatic heterocycles. The van der Waals surface area contributed by atoms with Crippen molar-refractivity contribution >= 4 is 17.3 Å². The highest BCUT2D eigenvalue weighted by Gasteiger charge is 2.12. The lowest BCUT2D eigenvalue weighted by Gasteiger charge is -1.96. The van der Waals surface area contributed by atoms with Gasteiger partial charge in [0.2, 0.25) is 5.82 Å². The first-order chi connectivity index (χ1) is 9.24. The van der Waals surface area contributed by atoms with Gasteiger partial charge in [0.1, 0.15) is 0 Å². The third kappa shape index (κ3) is 2.25. The van der Waals surface area contributed by atoms with Gasteiger partial charge >= 0.3 is 5.97 Å².